The number of benzene rings is 1. The van der Waals surface area contributed by atoms with Gasteiger partial charge in [0.1, 0.15) is 5.01 Å². The predicted octanol–water partition coefficient (Wildman–Crippen LogP) is 2.79. The predicted molar refractivity (Wildman–Crippen MR) is 65.5 cm³/mol. The lowest BCUT2D eigenvalue weighted by Gasteiger charge is -2.01. The van der Waals surface area contributed by atoms with Crippen molar-refractivity contribution in [3.63, 3.8) is 0 Å². The molecule has 1 aliphatic rings. The maximum absolute atomic E-state index is 9.00. The van der Waals surface area contributed by atoms with E-state index in [0.717, 1.165) is 10.7 Å². The number of hydrogen-bond donors (Lipinski definition) is 1. The lowest BCUT2D eigenvalue weighted by molar-refractivity contribution is 0.281. The second kappa shape index (κ2) is 4.00. The maximum Gasteiger partial charge on any atom is 0.119 e. The SMILES string of the molecule is OCc1nc(-c2ccc3c(c2)CCC3)cs1. The van der Waals surface area contributed by atoms with Gasteiger partial charge in [-0.2, -0.15) is 0 Å². The molecular weight excluding hydrogens is 218 g/mol. The van der Waals surface area contributed by atoms with Gasteiger partial charge in [-0.1, -0.05) is 12.1 Å². The Morgan fingerprint density at radius 3 is 2.94 bits per heavy atom. The molecule has 1 aromatic heterocycles. The smallest absolute Gasteiger partial charge is 0.119 e. The number of aromatic nitrogens is 1. The van der Waals surface area contributed by atoms with E-state index in [0.29, 0.717) is 0 Å². The van der Waals surface area contributed by atoms with E-state index in [9.17, 15) is 0 Å². The molecule has 0 bridgehead atoms. The minimum absolute atomic E-state index is 0.0373. The first-order valence-electron chi connectivity index (χ1n) is 5.54. The molecule has 2 aromatic rings. The van der Waals surface area contributed by atoms with Crippen LogP contribution < -0.4 is 0 Å². The lowest BCUT2D eigenvalue weighted by Crippen LogP contribution is -1.86. The molecule has 0 radical (unpaired) electrons. The first-order chi connectivity index (χ1) is 7.86. The van der Waals surface area contributed by atoms with Gasteiger partial charge in [0.25, 0.3) is 0 Å². The summed E-state index contributed by atoms with van der Waals surface area (Å²) in [4.78, 5) is 4.39. The van der Waals surface area contributed by atoms with E-state index in [4.69, 9.17) is 5.11 Å². The summed E-state index contributed by atoms with van der Waals surface area (Å²) in [5, 5.41) is 11.8. The van der Waals surface area contributed by atoms with Gasteiger partial charge in [-0.15, -0.1) is 11.3 Å². The maximum atomic E-state index is 9.00. The number of rotatable bonds is 2. The molecule has 0 unspecified atom stereocenters. The number of aliphatic hydroxyl groups excluding tert-OH is 1. The summed E-state index contributed by atoms with van der Waals surface area (Å²) in [7, 11) is 0. The lowest BCUT2D eigenvalue weighted by atomic mass is 10.1. The Labute approximate surface area is 98.6 Å². The molecule has 0 saturated heterocycles. The van der Waals surface area contributed by atoms with E-state index in [1.807, 2.05) is 5.38 Å². The fourth-order valence-corrected chi connectivity index (χ4v) is 2.91. The summed E-state index contributed by atoms with van der Waals surface area (Å²) >= 11 is 1.52. The van der Waals surface area contributed by atoms with Crippen LogP contribution >= 0.6 is 11.3 Å². The zero-order valence-electron chi connectivity index (χ0n) is 8.94. The third-order valence-electron chi connectivity index (χ3n) is 3.08. The van der Waals surface area contributed by atoms with Crippen molar-refractivity contribution in [3.8, 4) is 11.3 Å². The molecule has 0 saturated carbocycles. The highest BCUT2D eigenvalue weighted by atomic mass is 32.1. The number of thiazole rings is 1. The Morgan fingerprint density at radius 1 is 1.25 bits per heavy atom. The molecule has 1 N–H and O–H groups in total. The quantitative estimate of drug-likeness (QED) is 0.862. The van der Waals surface area contributed by atoms with E-state index in [2.05, 4.69) is 23.2 Å². The summed E-state index contributed by atoms with van der Waals surface area (Å²) in [5.74, 6) is 0. The van der Waals surface area contributed by atoms with Crippen molar-refractivity contribution in [2.24, 2.45) is 0 Å². The van der Waals surface area contributed by atoms with Crippen LogP contribution in [0.15, 0.2) is 23.6 Å². The van der Waals surface area contributed by atoms with Gasteiger partial charge in [0.05, 0.1) is 12.3 Å². The van der Waals surface area contributed by atoms with Crippen molar-refractivity contribution >= 4 is 11.3 Å². The van der Waals surface area contributed by atoms with Gasteiger partial charge in [-0.05, 0) is 36.5 Å². The first kappa shape index (κ1) is 10.00. The fraction of sp³-hybridized carbons (Fsp3) is 0.308. The highest BCUT2D eigenvalue weighted by Crippen LogP contribution is 2.28. The Kier molecular flexibility index (Phi) is 2.50. The summed E-state index contributed by atoms with van der Waals surface area (Å²) in [6, 6.07) is 6.61. The zero-order chi connectivity index (χ0) is 11.0. The van der Waals surface area contributed by atoms with Crippen molar-refractivity contribution in [2.45, 2.75) is 25.9 Å². The van der Waals surface area contributed by atoms with Crippen LogP contribution in [-0.2, 0) is 19.4 Å². The highest BCUT2D eigenvalue weighted by molar-refractivity contribution is 7.09. The van der Waals surface area contributed by atoms with E-state index >= 15 is 0 Å². The van der Waals surface area contributed by atoms with Crippen LogP contribution in [0.5, 0.6) is 0 Å². The van der Waals surface area contributed by atoms with Crippen LogP contribution in [0.25, 0.3) is 11.3 Å². The molecule has 82 valence electrons. The molecule has 1 heterocycles. The molecule has 1 aliphatic carbocycles. The van der Waals surface area contributed by atoms with Crippen molar-refractivity contribution in [1.29, 1.82) is 0 Å². The molecule has 1 aromatic carbocycles. The Balaban J connectivity index is 2.00. The fourth-order valence-electron chi connectivity index (χ4n) is 2.25. The van der Waals surface area contributed by atoms with Gasteiger partial charge in [-0.3, -0.25) is 0 Å². The average Bonchev–Trinajstić information content (AvgIpc) is 2.96. The van der Waals surface area contributed by atoms with Crippen LogP contribution in [0.1, 0.15) is 22.6 Å². The van der Waals surface area contributed by atoms with Gasteiger partial charge in [0, 0.05) is 10.9 Å². The second-order valence-corrected chi connectivity index (χ2v) is 5.06. The van der Waals surface area contributed by atoms with Gasteiger partial charge in [0.2, 0.25) is 0 Å². The van der Waals surface area contributed by atoms with Crippen molar-refractivity contribution in [2.75, 3.05) is 0 Å². The molecule has 3 rings (SSSR count). The largest absolute Gasteiger partial charge is 0.389 e. The average molecular weight is 231 g/mol. The first-order valence-corrected chi connectivity index (χ1v) is 6.42. The summed E-state index contributed by atoms with van der Waals surface area (Å²) in [6.45, 7) is 0.0373. The molecular formula is C13H13NOS. The molecule has 0 aliphatic heterocycles. The number of aliphatic hydroxyl groups is 1. The zero-order valence-corrected chi connectivity index (χ0v) is 9.76. The van der Waals surface area contributed by atoms with E-state index < -0.39 is 0 Å². The van der Waals surface area contributed by atoms with Crippen molar-refractivity contribution < 1.29 is 5.11 Å². The van der Waals surface area contributed by atoms with E-state index in [-0.39, 0.29) is 6.61 Å². The van der Waals surface area contributed by atoms with Crippen LogP contribution in [0, 0.1) is 0 Å². The standard InChI is InChI=1S/C13H13NOS/c15-7-13-14-12(8-16-13)11-5-4-9-2-1-3-10(9)6-11/h4-6,8,15H,1-3,7H2. The van der Waals surface area contributed by atoms with Gasteiger partial charge in [-0.25, -0.2) is 4.98 Å². The summed E-state index contributed by atoms with van der Waals surface area (Å²) in [5.41, 5.74) is 5.12. The minimum atomic E-state index is 0.0373. The Morgan fingerprint density at radius 2 is 2.12 bits per heavy atom. The number of hydrogen-bond acceptors (Lipinski definition) is 3. The molecule has 2 nitrogen and oxygen atoms in total. The normalized spacial score (nSPS) is 14.1. The number of fused-ring (bicyclic) bond motifs is 1. The van der Waals surface area contributed by atoms with Crippen LogP contribution in [0.2, 0.25) is 0 Å². The summed E-state index contributed by atoms with van der Waals surface area (Å²) < 4.78 is 0. The van der Waals surface area contributed by atoms with Crippen LogP contribution in [0.4, 0.5) is 0 Å². The molecule has 3 heteroatoms. The highest BCUT2D eigenvalue weighted by Gasteiger charge is 2.12. The van der Waals surface area contributed by atoms with Crippen molar-refractivity contribution in [3.05, 3.63) is 39.7 Å². The molecule has 0 amide bonds. The van der Waals surface area contributed by atoms with Gasteiger partial charge < -0.3 is 5.11 Å². The third-order valence-corrected chi connectivity index (χ3v) is 3.91. The molecule has 16 heavy (non-hydrogen) atoms. The Bertz CT molecular complexity index is 518. The summed E-state index contributed by atoms with van der Waals surface area (Å²) in [6.07, 6.45) is 3.69. The second-order valence-electron chi connectivity index (χ2n) is 4.12. The van der Waals surface area contributed by atoms with Crippen LogP contribution in [-0.4, -0.2) is 10.1 Å². The topological polar surface area (TPSA) is 33.1 Å². The molecule has 0 spiro atoms. The van der Waals surface area contributed by atoms with Gasteiger partial charge >= 0.3 is 0 Å². The Hall–Kier alpha value is -1.19. The van der Waals surface area contributed by atoms with Crippen molar-refractivity contribution in [1.82, 2.24) is 4.98 Å². The molecule has 0 atom stereocenters. The number of nitrogens with zero attached hydrogens (tertiary/aromatic N) is 1. The van der Waals surface area contributed by atoms with E-state index in [1.165, 1.54) is 47.3 Å². The molecule has 0 fully saturated rings. The minimum Gasteiger partial charge on any atom is -0.389 e. The number of aryl methyl sites for hydroxylation is 2. The monoisotopic (exact) mass is 231 g/mol. The van der Waals surface area contributed by atoms with E-state index in [1.54, 1.807) is 0 Å². The van der Waals surface area contributed by atoms with Crippen LogP contribution in [0.3, 0.4) is 0 Å². The van der Waals surface area contributed by atoms with Gasteiger partial charge in [0.15, 0.2) is 0 Å². The third kappa shape index (κ3) is 1.66.